The number of hydrogen-bond donors (Lipinski definition) is 3. The number of amides is 1. The van der Waals surface area contributed by atoms with Crippen LogP contribution in [0.15, 0.2) is 60.7 Å². The van der Waals surface area contributed by atoms with Gasteiger partial charge in [-0.2, -0.15) is 4.98 Å². The highest BCUT2D eigenvalue weighted by Gasteiger charge is 2.13. The highest BCUT2D eigenvalue weighted by atomic mass is 16.6. The molecular weight excluding hydrogens is 292 g/mol. The summed E-state index contributed by atoms with van der Waals surface area (Å²) < 4.78 is 5.12. The van der Waals surface area contributed by atoms with Gasteiger partial charge in [0.05, 0.1) is 5.69 Å². The molecule has 116 valence electrons. The molecule has 0 saturated heterocycles. The monoisotopic (exact) mass is 308 g/mol. The zero-order valence-electron chi connectivity index (χ0n) is 12.3. The topological polar surface area (TPSA) is 93.0 Å². The third kappa shape index (κ3) is 3.68. The van der Waals surface area contributed by atoms with E-state index in [9.17, 15) is 4.79 Å². The predicted molar refractivity (Wildman–Crippen MR) is 87.7 cm³/mol. The molecule has 0 fully saturated rings. The number of rotatable bonds is 4. The first-order valence-corrected chi connectivity index (χ1v) is 7.13. The summed E-state index contributed by atoms with van der Waals surface area (Å²) in [5.41, 5.74) is 8.33. The van der Waals surface area contributed by atoms with Gasteiger partial charge in [-0.25, -0.2) is 4.79 Å². The largest absolute Gasteiger partial charge is 0.415 e. The van der Waals surface area contributed by atoms with E-state index < -0.39 is 6.09 Å². The van der Waals surface area contributed by atoms with Crippen LogP contribution in [0.1, 0.15) is 5.56 Å². The summed E-state index contributed by atoms with van der Waals surface area (Å²) in [6, 6.07) is 19.1. The number of imidazole rings is 1. The van der Waals surface area contributed by atoms with Crippen molar-refractivity contribution in [2.24, 2.45) is 0 Å². The number of nitrogens with zero attached hydrogens (tertiary/aromatic N) is 1. The molecule has 0 spiro atoms. The number of nitrogens with two attached hydrogens (primary N) is 1. The molecule has 2 aromatic carbocycles. The Morgan fingerprint density at radius 1 is 1.09 bits per heavy atom. The Balaban J connectivity index is 1.63. The van der Waals surface area contributed by atoms with E-state index in [1.165, 1.54) is 0 Å². The molecule has 1 amide bonds. The Kier molecular flexibility index (Phi) is 4.24. The van der Waals surface area contributed by atoms with E-state index in [4.69, 9.17) is 10.5 Å². The van der Waals surface area contributed by atoms with Gasteiger partial charge in [0, 0.05) is 12.1 Å². The Labute approximate surface area is 133 Å². The molecule has 0 atom stereocenters. The molecule has 1 heterocycles. The standard InChI is InChI=1S/C17H16N4O2/c18-15-14(13-9-5-2-6-10-13)20-16(21-15)23-17(22)19-11-12-7-3-1-4-8-12/h1-10H,11,18H2,(H,19,22)(H,20,21). The van der Waals surface area contributed by atoms with E-state index >= 15 is 0 Å². The van der Waals surface area contributed by atoms with E-state index in [1.807, 2.05) is 60.7 Å². The second-order valence-electron chi connectivity index (χ2n) is 4.90. The molecular formula is C17H16N4O2. The van der Waals surface area contributed by atoms with Gasteiger partial charge in [-0.1, -0.05) is 60.7 Å². The third-order valence-electron chi connectivity index (χ3n) is 3.24. The van der Waals surface area contributed by atoms with Gasteiger partial charge in [-0.3, -0.25) is 0 Å². The summed E-state index contributed by atoms with van der Waals surface area (Å²) in [6.07, 6.45) is -0.595. The minimum atomic E-state index is -0.595. The second kappa shape index (κ2) is 6.65. The number of hydrogen-bond acceptors (Lipinski definition) is 4. The Hall–Kier alpha value is -3.28. The number of ether oxygens (including phenoxy) is 1. The van der Waals surface area contributed by atoms with Gasteiger partial charge in [0.1, 0.15) is 0 Å². The molecule has 6 heteroatoms. The van der Waals surface area contributed by atoms with Gasteiger partial charge in [-0.05, 0) is 5.56 Å². The van der Waals surface area contributed by atoms with Gasteiger partial charge < -0.3 is 20.8 Å². The number of anilines is 1. The van der Waals surface area contributed by atoms with Crippen LogP contribution in [-0.2, 0) is 6.54 Å². The summed E-state index contributed by atoms with van der Waals surface area (Å²) in [4.78, 5) is 18.7. The molecule has 6 nitrogen and oxygen atoms in total. The molecule has 0 unspecified atom stereocenters. The molecule has 23 heavy (non-hydrogen) atoms. The first kappa shape index (κ1) is 14.6. The maximum Gasteiger partial charge on any atom is 0.415 e. The van der Waals surface area contributed by atoms with Crippen molar-refractivity contribution in [2.45, 2.75) is 6.54 Å². The van der Waals surface area contributed by atoms with Crippen molar-refractivity contribution in [1.82, 2.24) is 15.3 Å². The van der Waals surface area contributed by atoms with Gasteiger partial charge in [0.15, 0.2) is 5.82 Å². The molecule has 0 bridgehead atoms. The number of aromatic amines is 1. The lowest BCUT2D eigenvalue weighted by Gasteiger charge is -2.04. The third-order valence-corrected chi connectivity index (χ3v) is 3.24. The smallest absolute Gasteiger partial charge is 0.382 e. The van der Waals surface area contributed by atoms with Crippen LogP contribution in [0.3, 0.4) is 0 Å². The lowest BCUT2D eigenvalue weighted by atomic mass is 10.2. The first-order chi connectivity index (χ1) is 11.2. The van der Waals surface area contributed by atoms with Gasteiger partial charge in [0.25, 0.3) is 0 Å². The zero-order valence-corrected chi connectivity index (χ0v) is 12.3. The fraction of sp³-hybridized carbons (Fsp3) is 0.0588. The van der Waals surface area contributed by atoms with E-state index in [0.717, 1.165) is 11.1 Å². The van der Waals surface area contributed by atoms with Crippen LogP contribution in [0.2, 0.25) is 0 Å². The van der Waals surface area contributed by atoms with Crippen molar-refractivity contribution in [1.29, 1.82) is 0 Å². The summed E-state index contributed by atoms with van der Waals surface area (Å²) in [5.74, 6) is 0.280. The molecule has 0 aliphatic carbocycles. The highest BCUT2D eigenvalue weighted by Crippen LogP contribution is 2.25. The quantitative estimate of drug-likeness (QED) is 0.691. The van der Waals surface area contributed by atoms with Gasteiger partial charge in [0.2, 0.25) is 0 Å². The molecule has 3 aromatic rings. The second-order valence-corrected chi connectivity index (χ2v) is 4.90. The fourth-order valence-electron chi connectivity index (χ4n) is 2.13. The van der Waals surface area contributed by atoms with E-state index in [1.54, 1.807) is 0 Å². The molecule has 0 aliphatic heterocycles. The van der Waals surface area contributed by atoms with Crippen molar-refractivity contribution in [3.8, 4) is 17.3 Å². The van der Waals surface area contributed by atoms with Crippen LogP contribution in [0.5, 0.6) is 6.01 Å². The molecule has 4 N–H and O–H groups in total. The number of aromatic nitrogens is 2. The molecule has 1 aromatic heterocycles. The summed E-state index contributed by atoms with van der Waals surface area (Å²) in [5, 5.41) is 2.65. The average molecular weight is 308 g/mol. The van der Waals surface area contributed by atoms with Crippen molar-refractivity contribution in [3.63, 3.8) is 0 Å². The average Bonchev–Trinajstić information content (AvgIpc) is 2.95. The van der Waals surface area contributed by atoms with Crippen LogP contribution >= 0.6 is 0 Å². The summed E-state index contributed by atoms with van der Waals surface area (Å²) in [7, 11) is 0. The number of nitrogen functional groups attached to an aromatic ring is 1. The van der Waals surface area contributed by atoms with Crippen LogP contribution in [-0.4, -0.2) is 16.1 Å². The Morgan fingerprint density at radius 2 is 1.74 bits per heavy atom. The number of H-pyrrole nitrogens is 1. The first-order valence-electron chi connectivity index (χ1n) is 7.13. The SMILES string of the molecule is Nc1nc(OC(=O)NCc2ccccc2)[nH]c1-c1ccccc1. The van der Waals surface area contributed by atoms with Gasteiger partial charge >= 0.3 is 12.1 Å². The van der Waals surface area contributed by atoms with Crippen molar-refractivity contribution >= 4 is 11.9 Å². The highest BCUT2D eigenvalue weighted by molar-refractivity contribution is 5.73. The van der Waals surface area contributed by atoms with E-state index in [2.05, 4.69) is 15.3 Å². The molecule has 0 aliphatic rings. The fourth-order valence-corrected chi connectivity index (χ4v) is 2.13. The van der Waals surface area contributed by atoms with Gasteiger partial charge in [-0.15, -0.1) is 0 Å². The lowest BCUT2D eigenvalue weighted by molar-refractivity contribution is 0.196. The minimum Gasteiger partial charge on any atom is -0.382 e. The van der Waals surface area contributed by atoms with E-state index in [-0.39, 0.29) is 11.8 Å². The van der Waals surface area contributed by atoms with Crippen molar-refractivity contribution in [2.75, 3.05) is 5.73 Å². The Morgan fingerprint density at radius 3 is 2.43 bits per heavy atom. The molecule has 0 saturated carbocycles. The maximum atomic E-state index is 11.8. The number of benzene rings is 2. The number of carbonyl (C=O) groups excluding carboxylic acids is 1. The molecule has 3 rings (SSSR count). The predicted octanol–water partition coefficient (Wildman–Crippen LogP) is 2.95. The minimum absolute atomic E-state index is 0.0620. The Bertz CT molecular complexity index is 785. The van der Waals surface area contributed by atoms with Crippen LogP contribution in [0.4, 0.5) is 10.6 Å². The summed E-state index contributed by atoms with van der Waals surface area (Å²) >= 11 is 0. The summed E-state index contributed by atoms with van der Waals surface area (Å²) in [6.45, 7) is 0.376. The number of nitrogens with one attached hydrogen (secondary N) is 2. The molecule has 0 radical (unpaired) electrons. The van der Waals surface area contributed by atoms with Crippen molar-refractivity contribution in [3.05, 3.63) is 66.2 Å². The number of carbonyl (C=O) groups is 1. The van der Waals surface area contributed by atoms with E-state index in [0.29, 0.717) is 12.2 Å². The van der Waals surface area contributed by atoms with Crippen LogP contribution in [0, 0.1) is 0 Å². The zero-order chi connectivity index (χ0) is 16.1. The normalized spacial score (nSPS) is 10.3. The van der Waals surface area contributed by atoms with Crippen molar-refractivity contribution < 1.29 is 9.53 Å². The van der Waals surface area contributed by atoms with Crippen LogP contribution in [0.25, 0.3) is 11.3 Å². The van der Waals surface area contributed by atoms with Crippen LogP contribution < -0.4 is 15.8 Å². The lowest BCUT2D eigenvalue weighted by Crippen LogP contribution is -2.26. The maximum absolute atomic E-state index is 11.8.